The highest BCUT2D eigenvalue weighted by Crippen LogP contribution is 2.44. The lowest BCUT2D eigenvalue weighted by Gasteiger charge is -2.29. The fourth-order valence-corrected chi connectivity index (χ4v) is 5.61. The SMILES string of the molecule is OCc1ccc2c(CSCCN3CCC4=C(C3)C(O)c3ccccc34)c[nH]c2c1. The van der Waals surface area contributed by atoms with Gasteiger partial charge in [0.15, 0.2) is 0 Å². The highest BCUT2D eigenvalue weighted by atomic mass is 32.2. The number of nitrogens with one attached hydrogen (secondary N) is 1. The van der Waals surface area contributed by atoms with Gasteiger partial charge in [-0.15, -0.1) is 0 Å². The van der Waals surface area contributed by atoms with Crippen molar-refractivity contribution < 1.29 is 10.2 Å². The van der Waals surface area contributed by atoms with Crippen molar-refractivity contribution in [2.24, 2.45) is 0 Å². The van der Waals surface area contributed by atoms with Crippen LogP contribution in [0.4, 0.5) is 0 Å². The first-order valence-corrected chi connectivity index (χ1v) is 11.4. The summed E-state index contributed by atoms with van der Waals surface area (Å²) in [5, 5.41) is 21.2. The monoisotopic (exact) mass is 406 g/mol. The highest BCUT2D eigenvalue weighted by molar-refractivity contribution is 7.98. The van der Waals surface area contributed by atoms with E-state index in [4.69, 9.17) is 0 Å². The predicted molar refractivity (Wildman–Crippen MR) is 120 cm³/mol. The minimum Gasteiger partial charge on any atom is -0.392 e. The number of aromatic nitrogens is 1. The lowest BCUT2D eigenvalue weighted by atomic mass is 9.99. The van der Waals surface area contributed by atoms with Gasteiger partial charge in [0.05, 0.1) is 6.61 Å². The van der Waals surface area contributed by atoms with E-state index in [0.717, 1.165) is 54.2 Å². The molecule has 3 N–H and O–H groups in total. The number of nitrogens with zero attached hydrogens (tertiary/aromatic N) is 1. The van der Waals surface area contributed by atoms with E-state index in [2.05, 4.69) is 40.3 Å². The standard InChI is InChI=1S/C24H26N2O2S/c27-14-16-5-6-18-17(12-25-23(18)11-16)15-29-10-9-26-8-7-20-19-3-1-2-4-21(19)24(28)22(20)13-26/h1-6,11-12,24-25,27-28H,7-10,13-15H2. The smallest absolute Gasteiger partial charge is 0.102 e. The van der Waals surface area contributed by atoms with Crippen LogP contribution in [0.5, 0.6) is 0 Å². The number of rotatable bonds is 6. The van der Waals surface area contributed by atoms with Crippen molar-refractivity contribution in [3.05, 3.63) is 76.5 Å². The second-order valence-corrected chi connectivity index (χ2v) is 9.03. The van der Waals surface area contributed by atoms with E-state index in [0.29, 0.717) is 0 Å². The summed E-state index contributed by atoms with van der Waals surface area (Å²) in [4.78, 5) is 5.80. The van der Waals surface area contributed by atoms with Crippen LogP contribution in [0.1, 0.15) is 34.8 Å². The molecule has 3 aromatic rings. The molecule has 4 nitrogen and oxygen atoms in total. The van der Waals surface area contributed by atoms with Crippen LogP contribution in [0, 0.1) is 0 Å². The van der Waals surface area contributed by atoms with E-state index >= 15 is 0 Å². The van der Waals surface area contributed by atoms with Crippen LogP contribution in [-0.4, -0.2) is 45.5 Å². The van der Waals surface area contributed by atoms with Crippen molar-refractivity contribution in [3.8, 4) is 0 Å². The molecule has 1 aliphatic carbocycles. The maximum atomic E-state index is 10.7. The molecule has 5 rings (SSSR count). The fraction of sp³-hybridized carbons (Fsp3) is 0.333. The molecule has 0 spiro atoms. The Bertz CT molecular complexity index is 1070. The third kappa shape index (κ3) is 3.53. The maximum Gasteiger partial charge on any atom is 0.102 e. The van der Waals surface area contributed by atoms with Crippen LogP contribution < -0.4 is 0 Å². The number of benzene rings is 2. The second kappa shape index (κ2) is 8.00. The average Bonchev–Trinajstić information content (AvgIpc) is 3.30. The molecule has 2 aliphatic rings. The fourth-order valence-electron chi connectivity index (χ4n) is 4.62. The highest BCUT2D eigenvalue weighted by Gasteiger charge is 2.32. The van der Waals surface area contributed by atoms with Gasteiger partial charge in [-0.3, -0.25) is 4.90 Å². The molecule has 0 amide bonds. The first-order chi connectivity index (χ1) is 14.2. The molecule has 5 heteroatoms. The molecular weight excluding hydrogens is 380 g/mol. The van der Waals surface area contributed by atoms with E-state index in [1.165, 1.54) is 27.7 Å². The summed E-state index contributed by atoms with van der Waals surface area (Å²) in [6.45, 7) is 3.06. The third-order valence-corrected chi connectivity index (χ3v) is 7.18. The molecule has 2 heterocycles. The summed E-state index contributed by atoms with van der Waals surface area (Å²) in [6.07, 6.45) is 2.69. The topological polar surface area (TPSA) is 59.5 Å². The van der Waals surface area contributed by atoms with Crippen molar-refractivity contribution >= 4 is 28.2 Å². The Kier molecular flexibility index (Phi) is 5.22. The Morgan fingerprint density at radius 2 is 2.07 bits per heavy atom. The molecule has 0 bridgehead atoms. The third-order valence-electron chi connectivity index (χ3n) is 6.19. The molecule has 2 aromatic carbocycles. The van der Waals surface area contributed by atoms with Crippen LogP contribution in [0.3, 0.4) is 0 Å². The number of aliphatic hydroxyl groups excluding tert-OH is 2. The van der Waals surface area contributed by atoms with Crippen molar-refractivity contribution in [2.75, 3.05) is 25.4 Å². The van der Waals surface area contributed by atoms with Crippen molar-refractivity contribution in [3.63, 3.8) is 0 Å². The minimum atomic E-state index is -0.424. The molecule has 0 fully saturated rings. The van der Waals surface area contributed by atoms with Crippen LogP contribution in [0.15, 0.2) is 54.2 Å². The number of thioether (sulfide) groups is 1. The Balaban J connectivity index is 1.16. The molecule has 1 unspecified atom stereocenters. The van der Waals surface area contributed by atoms with Gasteiger partial charge >= 0.3 is 0 Å². The zero-order valence-electron chi connectivity index (χ0n) is 16.4. The number of hydrogen-bond acceptors (Lipinski definition) is 4. The van der Waals surface area contributed by atoms with Gasteiger partial charge in [-0.2, -0.15) is 11.8 Å². The van der Waals surface area contributed by atoms with Crippen molar-refractivity contribution in [1.82, 2.24) is 9.88 Å². The zero-order chi connectivity index (χ0) is 19.8. The summed E-state index contributed by atoms with van der Waals surface area (Å²) in [6, 6.07) is 14.4. The largest absolute Gasteiger partial charge is 0.392 e. The summed E-state index contributed by atoms with van der Waals surface area (Å²) in [5.41, 5.74) is 8.27. The number of aromatic amines is 1. The van der Waals surface area contributed by atoms with E-state index in [1.807, 2.05) is 30.0 Å². The van der Waals surface area contributed by atoms with E-state index in [1.54, 1.807) is 0 Å². The first kappa shape index (κ1) is 18.9. The van der Waals surface area contributed by atoms with Gasteiger partial charge in [0.1, 0.15) is 6.10 Å². The summed E-state index contributed by atoms with van der Waals surface area (Å²) < 4.78 is 0. The molecule has 1 aromatic heterocycles. The minimum absolute atomic E-state index is 0.0762. The van der Waals surface area contributed by atoms with Gasteiger partial charge in [-0.1, -0.05) is 36.4 Å². The molecule has 0 radical (unpaired) electrons. The average molecular weight is 407 g/mol. The van der Waals surface area contributed by atoms with Gasteiger partial charge in [0.2, 0.25) is 0 Å². The van der Waals surface area contributed by atoms with Crippen LogP contribution >= 0.6 is 11.8 Å². The van der Waals surface area contributed by atoms with E-state index in [9.17, 15) is 10.2 Å². The molecule has 1 aliphatic heterocycles. The Hall–Kier alpha value is -2.05. The molecular formula is C24H26N2O2S. The Morgan fingerprint density at radius 1 is 1.17 bits per heavy atom. The predicted octanol–water partition coefficient (Wildman–Crippen LogP) is 4.10. The maximum absolute atomic E-state index is 10.7. The normalized spacial score (nSPS) is 19.0. The molecule has 0 saturated carbocycles. The Morgan fingerprint density at radius 3 is 2.97 bits per heavy atom. The lowest BCUT2D eigenvalue weighted by Crippen LogP contribution is -2.33. The van der Waals surface area contributed by atoms with Gasteiger partial charge in [0.25, 0.3) is 0 Å². The number of fused-ring (bicyclic) bond motifs is 3. The number of hydrogen-bond donors (Lipinski definition) is 3. The van der Waals surface area contributed by atoms with Crippen molar-refractivity contribution in [2.45, 2.75) is 24.9 Å². The van der Waals surface area contributed by atoms with Crippen LogP contribution in [0.25, 0.3) is 16.5 Å². The lowest BCUT2D eigenvalue weighted by molar-refractivity contribution is 0.197. The quantitative estimate of drug-likeness (QED) is 0.540. The van der Waals surface area contributed by atoms with Gasteiger partial charge in [-0.25, -0.2) is 0 Å². The van der Waals surface area contributed by atoms with Gasteiger partial charge in [0, 0.05) is 48.2 Å². The van der Waals surface area contributed by atoms with Gasteiger partial charge < -0.3 is 15.2 Å². The Labute approximate surface area is 175 Å². The van der Waals surface area contributed by atoms with E-state index in [-0.39, 0.29) is 6.61 Å². The van der Waals surface area contributed by atoms with Crippen LogP contribution in [0.2, 0.25) is 0 Å². The van der Waals surface area contributed by atoms with Crippen LogP contribution in [-0.2, 0) is 12.4 Å². The number of aliphatic hydroxyl groups is 2. The summed E-state index contributed by atoms with van der Waals surface area (Å²) >= 11 is 1.95. The summed E-state index contributed by atoms with van der Waals surface area (Å²) in [7, 11) is 0. The molecule has 0 saturated heterocycles. The second-order valence-electron chi connectivity index (χ2n) is 7.92. The molecule has 29 heavy (non-hydrogen) atoms. The zero-order valence-corrected chi connectivity index (χ0v) is 17.2. The molecule has 1 atom stereocenters. The van der Waals surface area contributed by atoms with Crippen molar-refractivity contribution in [1.29, 1.82) is 0 Å². The van der Waals surface area contributed by atoms with E-state index < -0.39 is 6.10 Å². The molecule has 150 valence electrons. The summed E-state index contributed by atoms with van der Waals surface area (Å²) in [5.74, 6) is 2.06. The number of H-pyrrole nitrogens is 1. The van der Waals surface area contributed by atoms with Gasteiger partial charge in [-0.05, 0) is 45.9 Å². The first-order valence-electron chi connectivity index (χ1n) is 10.2.